The number of carbonyl (C=O) groups is 1. The van der Waals surface area contributed by atoms with E-state index in [0.717, 1.165) is 18.4 Å². The molecule has 0 saturated carbocycles. The third-order valence-corrected chi connectivity index (χ3v) is 2.92. The molecule has 0 aromatic carbocycles. The zero-order valence-corrected chi connectivity index (χ0v) is 11.3. The van der Waals surface area contributed by atoms with E-state index in [2.05, 4.69) is 32.7 Å². The summed E-state index contributed by atoms with van der Waals surface area (Å²) in [5.41, 5.74) is 3.84. The summed E-state index contributed by atoms with van der Waals surface area (Å²) in [5, 5.41) is 0. The fourth-order valence-corrected chi connectivity index (χ4v) is 1.48. The Balaban J connectivity index is 4.03. The molecule has 0 spiro atoms. The molecule has 94 valence electrons. The van der Waals surface area contributed by atoms with Crippen LogP contribution < -0.4 is 0 Å². The van der Waals surface area contributed by atoms with Gasteiger partial charge < -0.3 is 0 Å². The van der Waals surface area contributed by atoms with Crippen LogP contribution in [0.15, 0.2) is 42.7 Å². The molecule has 0 radical (unpaired) electrons. The third-order valence-electron chi connectivity index (χ3n) is 2.92. The van der Waals surface area contributed by atoms with Crippen LogP contribution in [0.5, 0.6) is 0 Å². The van der Waals surface area contributed by atoms with Gasteiger partial charge >= 0.3 is 0 Å². The van der Waals surface area contributed by atoms with Crippen LogP contribution in [-0.2, 0) is 4.79 Å². The second kappa shape index (κ2) is 8.78. The van der Waals surface area contributed by atoms with E-state index >= 15 is 0 Å². The summed E-state index contributed by atoms with van der Waals surface area (Å²) in [7, 11) is 0. The first-order valence-electron chi connectivity index (χ1n) is 6.18. The van der Waals surface area contributed by atoms with Crippen LogP contribution >= 0.6 is 0 Å². The molecule has 0 fully saturated rings. The van der Waals surface area contributed by atoms with E-state index in [1.165, 1.54) is 0 Å². The van der Waals surface area contributed by atoms with Gasteiger partial charge in [0.15, 0.2) is 5.78 Å². The average molecular weight is 232 g/mol. The van der Waals surface area contributed by atoms with Crippen molar-refractivity contribution in [1.82, 2.24) is 0 Å². The molecule has 0 saturated heterocycles. The molecule has 0 aromatic rings. The highest BCUT2D eigenvalue weighted by Crippen LogP contribution is 2.16. The Morgan fingerprint density at radius 1 is 1.35 bits per heavy atom. The van der Waals surface area contributed by atoms with Gasteiger partial charge in [0.25, 0.3) is 0 Å². The largest absolute Gasteiger partial charge is 0.295 e. The van der Waals surface area contributed by atoms with Gasteiger partial charge in [0, 0.05) is 6.42 Å². The summed E-state index contributed by atoms with van der Waals surface area (Å²) >= 11 is 0. The zero-order chi connectivity index (χ0) is 13.3. The molecule has 1 unspecified atom stereocenters. The monoisotopic (exact) mass is 232 g/mol. The lowest BCUT2D eigenvalue weighted by Gasteiger charge is -2.13. The minimum atomic E-state index is 0.172. The predicted octanol–water partition coefficient (Wildman–Crippen LogP) is 4.47. The summed E-state index contributed by atoms with van der Waals surface area (Å²) in [5.74, 6) is 1.19. The molecule has 0 aliphatic carbocycles. The molecule has 1 nitrogen and oxygen atoms in total. The van der Waals surface area contributed by atoms with Crippen molar-refractivity contribution < 1.29 is 4.79 Å². The average Bonchev–Trinajstić information content (AvgIpc) is 2.31. The second-order valence-corrected chi connectivity index (χ2v) is 4.71. The van der Waals surface area contributed by atoms with Crippen molar-refractivity contribution in [2.75, 3.05) is 0 Å². The quantitative estimate of drug-likeness (QED) is 0.343. The van der Waals surface area contributed by atoms with Gasteiger partial charge in [-0.15, -0.1) is 12.3 Å². The molecule has 0 aliphatic rings. The molecular formula is C16H24O. The summed E-state index contributed by atoms with van der Waals surface area (Å²) in [6, 6.07) is 0. The van der Waals surface area contributed by atoms with Gasteiger partial charge in [0.1, 0.15) is 0 Å². The highest BCUT2D eigenvalue weighted by atomic mass is 16.1. The molecule has 1 heteroatoms. The highest BCUT2D eigenvalue weighted by molar-refractivity contribution is 5.89. The standard InChI is InChI=1S/C16H24O/c1-6-14(5)11-12-16(17)10-8-9-15(7-2)13(3)4/h7-8,10,13,15H,1-2,9,11-12H2,3-5H3/b10-8-. The summed E-state index contributed by atoms with van der Waals surface area (Å²) in [4.78, 5) is 11.5. The van der Waals surface area contributed by atoms with Gasteiger partial charge in [-0.05, 0) is 43.3 Å². The Morgan fingerprint density at radius 2 is 2.00 bits per heavy atom. The molecule has 17 heavy (non-hydrogen) atoms. The lowest BCUT2D eigenvalue weighted by Crippen LogP contribution is -2.03. The number of hydrogen-bond acceptors (Lipinski definition) is 1. The van der Waals surface area contributed by atoms with Crippen LogP contribution in [-0.4, -0.2) is 5.78 Å². The maximum absolute atomic E-state index is 11.5. The Labute approximate surface area is 106 Å². The van der Waals surface area contributed by atoms with Crippen LogP contribution in [0.4, 0.5) is 0 Å². The van der Waals surface area contributed by atoms with Crippen LogP contribution in [0.2, 0.25) is 0 Å². The Kier molecular flexibility index (Phi) is 8.09. The second-order valence-electron chi connectivity index (χ2n) is 4.71. The van der Waals surface area contributed by atoms with Crippen LogP contribution in [0.25, 0.3) is 0 Å². The van der Waals surface area contributed by atoms with Gasteiger partial charge in [0.2, 0.25) is 0 Å². The number of rotatable bonds is 8. The van der Waals surface area contributed by atoms with E-state index in [1.54, 1.807) is 6.08 Å². The molecule has 0 N–H and O–H groups in total. The molecule has 0 bridgehead atoms. The first-order valence-corrected chi connectivity index (χ1v) is 6.18. The maximum Gasteiger partial charge on any atom is 0.155 e. The Hall–Kier alpha value is -1.33. The van der Waals surface area contributed by atoms with Gasteiger partial charge in [-0.1, -0.05) is 32.6 Å². The lowest BCUT2D eigenvalue weighted by molar-refractivity contribution is -0.114. The molecule has 0 heterocycles. The maximum atomic E-state index is 11.5. The van der Waals surface area contributed by atoms with E-state index in [0.29, 0.717) is 18.3 Å². The molecule has 0 aliphatic heterocycles. The van der Waals surface area contributed by atoms with E-state index in [1.807, 2.05) is 19.1 Å². The van der Waals surface area contributed by atoms with Crippen molar-refractivity contribution in [3.63, 3.8) is 0 Å². The topological polar surface area (TPSA) is 17.1 Å². The van der Waals surface area contributed by atoms with E-state index < -0.39 is 0 Å². The fraction of sp³-hybridized carbons (Fsp3) is 0.500. The number of ketones is 1. The summed E-state index contributed by atoms with van der Waals surface area (Å²) in [6.07, 6.45) is 7.80. The molecular weight excluding hydrogens is 208 g/mol. The first-order chi connectivity index (χ1) is 8.01. The summed E-state index contributed by atoms with van der Waals surface area (Å²) in [6.45, 7) is 13.6. The summed E-state index contributed by atoms with van der Waals surface area (Å²) < 4.78 is 0. The Bertz CT molecular complexity index is 327. The number of hydrogen-bond donors (Lipinski definition) is 0. The minimum Gasteiger partial charge on any atom is -0.295 e. The number of carbonyl (C=O) groups excluding carboxylic acids is 1. The van der Waals surface area contributed by atoms with Crippen molar-refractivity contribution in [3.8, 4) is 0 Å². The highest BCUT2D eigenvalue weighted by Gasteiger charge is 2.06. The first kappa shape index (κ1) is 15.7. The van der Waals surface area contributed by atoms with Crippen LogP contribution in [0.1, 0.15) is 40.0 Å². The van der Waals surface area contributed by atoms with E-state index in [4.69, 9.17) is 0 Å². The minimum absolute atomic E-state index is 0.172. The van der Waals surface area contributed by atoms with E-state index in [-0.39, 0.29) is 5.78 Å². The van der Waals surface area contributed by atoms with Crippen LogP contribution in [0.3, 0.4) is 0 Å². The van der Waals surface area contributed by atoms with Gasteiger partial charge in [-0.3, -0.25) is 4.79 Å². The third kappa shape index (κ3) is 7.54. The van der Waals surface area contributed by atoms with Crippen molar-refractivity contribution >= 4 is 5.78 Å². The molecule has 0 rings (SSSR count). The van der Waals surface area contributed by atoms with Gasteiger partial charge in [-0.2, -0.15) is 0 Å². The van der Waals surface area contributed by atoms with Gasteiger partial charge in [0.05, 0.1) is 0 Å². The lowest BCUT2D eigenvalue weighted by atomic mass is 9.92. The van der Waals surface area contributed by atoms with E-state index in [9.17, 15) is 4.79 Å². The van der Waals surface area contributed by atoms with Crippen LogP contribution in [0, 0.1) is 11.8 Å². The smallest absolute Gasteiger partial charge is 0.155 e. The molecule has 1 atom stereocenters. The Morgan fingerprint density at radius 3 is 2.47 bits per heavy atom. The van der Waals surface area contributed by atoms with Crippen molar-refractivity contribution in [1.29, 1.82) is 0 Å². The zero-order valence-electron chi connectivity index (χ0n) is 11.3. The SMILES string of the molecule is C=C=C(C)CCC(=O)/C=C\CC(C=C)C(C)C. The van der Waals surface area contributed by atoms with Crippen molar-refractivity contribution in [3.05, 3.63) is 42.7 Å². The predicted molar refractivity (Wildman–Crippen MR) is 74.9 cm³/mol. The molecule has 0 amide bonds. The van der Waals surface area contributed by atoms with Gasteiger partial charge in [-0.25, -0.2) is 0 Å². The number of allylic oxidation sites excluding steroid dienone is 4. The van der Waals surface area contributed by atoms with Crippen molar-refractivity contribution in [2.45, 2.75) is 40.0 Å². The van der Waals surface area contributed by atoms with Crippen molar-refractivity contribution in [2.24, 2.45) is 11.8 Å². The normalized spacial score (nSPS) is 12.5. The molecule has 0 aromatic heterocycles. The fourth-order valence-electron chi connectivity index (χ4n) is 1.48.